The molecular weight excluding hydrogens is 249 g/mol. The van der Waals surface area contributed by atoms with Gasteiger partial charge in [-0.05, 0) is 18.8 Å². The van der Waals surface area contributed by atoms with E-state index < -0.39 is 30.6 Å². The first-order valence-electron chi connectivity index (χ1n) is 5.91. The highest BCUT2D eigenvalue weighted by Gasteiger charge is 2.34. The number of nitrogens with one attached hydrogen (secondary N) is 2. The molecule has 1 atom stereocenters. The second kappa shape index (κ2) is 6.06. The van der Waals surface area contributed by atoms with Crippen molar-refractivity contribution in [3.05, 3.63) is 0 Å². The number of alkyl halides is 3. The summed E-state index contributed by atoms with van der Waals surface area (Å²) in [5.41, 5.74) is 0. The fraction of sp³-hybridized carbons (Fsp3) is 0.818. The Balaban J connectivity index is 2.58. The zero-order chi connectivity index (χ0) is 13.8. The van der Waals surface area contributed by atoms with Crippen LogP contribution >= 0.6 is 0 Å². The molecule has 0 heterocycles. The predicted octanol–water partition coefficient (Wildman–Crippen LogP) is 1.36. The zero-order valence-electron chi connectivity index (χ0n) is 10.1. The van der Waals surface area contributed by atoms with Gasteiger partial charge in [-0.2, -0.15) is 13.2 Å². The molecule has 0 aromatic carbocycles. The summed E-state index contributed by atoms with van der Waals surface area (Å²) in [4.78, 5) is 22.7. The molecule has 7 heteroatoms. The first-order chi connectivity index (χ1) is 8.29. The molecule has 2 N–H and O–H groups in total. The highest BCUT2D eigenvalue weighted by molar-refractivity contribution is 5.87. The number of hydrogen-bond acceptors (Lipinski definition) is 2. The molecule has 0 aromatic heterocycles. The molecule has 0 bridgehead atoms. The summed E-state index contributed by atoms with van der Waals surface area (Å²) in [6.07, 6.45) is -1.05. The number of halogens is 3. The smallest absolute Gasteiger partial charge is 0.345 e. The van der Waals surface area contributed by atoms with E-state index in [1.54, 1.807) is 0 Å². The van der Waals surface area contributed by atoms with Crippen LogP contribution in [-0.4, -0.2) is 30.6 Å². The van der Waals surface area contributed by atoms with E-state index in [9.17, 15) is 22.8 Å². The Kier molecular flexibility index (Phi) is 4.98. The number of rotatable bonds is 4. The molecule has 0 radical (unpaired) electrons. The quantitative estimate of drug-likeness (QED) is 0.807. The van der Waals surface area contributed by atoms with Gasteiger partial charge in [0, 0.05) is 6.92 Å². The summed E-state index contributed by atoms with van der Waals surface area (Å²) in [6, 6.07) is -0.854. The zero-order valence-corrected chi connectivity index (χ0v) is 10.1. The molecule has 0 saturated heterocycles. The molecule has 1 fully saturated rings. The number of amides is 2. The minimum atomic E-state index is -4.44. The van der Waals surface area contributed by atoms with Crippen molar-refractivity contribution in [3.8, 4) is 0 Å². The van der Waals surface area contributed by atoms with E-state index in [0.717, 1.165) is 25.7 Å². The van der Waals surface area contributed by atoms with Crippen LogP contribution in [0.2, 0.25) is 0 Å². The van der Waals surface area contributed by atoms with Crippen LogP contribution < -0.4 is 10.6 Å². The number of hydrogen-bond donors (Lipinski definition) is 2. The summed E-state index contributed by atoms with van der Waals surface area (Å²) in [6.45, 7) is -0.117. The van der Waals surface area contributed by atoms with E-state index in [0.29, 0.717) is 0 Å². The monoisotopic (exact) mass is 266 g/mol. The van der Waals surface area contributed by atoms with Crippen LogP contribution in [0.3, 0.4) is 0 Å². The summed E-state index contributed by atoms with van der Waals surface area (Å²) in [7, 11) is 0. The van der Waals surface area contributed by atoms with Crippen molar-refractivity contribution < 1.29 is 22.8 Å². The Morgan fingerprint density at radius 1 is 1.28 bits per heavy atom. The summed E-state index contributed by atoms with van der Waals surface area (Å²) in [5.74, 6) is -1.23. The molecule has 18 heavy (non-hydrogen) atoms. The van der Waals surface area contributed by atoms with Crippen molar-refractivity contribution in [1.82, 2.24) is 10.6 Å². The van der Waals surface area contributed by atoms with E-state index in [1.807, 2.05) is 5.32 Å². The third kappa shape index (κ3) is 4.93. The number of carbonyl (C=O) groups excluding carboxylic acids is 2. The van der Waals surface area contributed by atoms with Gasteiger partial charge in [-0.25, -0.2) is 0 Å². The molecule has 1 rings (SSSR count). The third-order valence-electron chi connectivity index (χ3n) is 2.98. The topological polar surface area (TPSA) is 58.2 Å². The first-order valence-corrected chi connectivity index (χ1v) is 5.91. The second-order valence-corrected chi connectivity index (χ2v) is 4.56. The van der Waals surface area contributed by atoms with Gasteiger partial charge in [0.2, 0.25) is 11.8 Å². The van der Waals surface area contributed by atoms with Crippen molar-refractivity contribution in [1.29, 1.82) is 0 Å². The molecule has 104 valence electrons. The van der Waals surface area contributed by atoms with Crippen LogP contribution in [0.25, 0.3) is 0 Å². The Morgan fingerprint density at radius 3 is 2.28 bits per heavy atom. The van der Waals surface area contributed by atoms with Gasteiger partial charge in [0.05, 0.1) is 0 Å². The average Bonchev–Trinajstić information content (AvgIpc) is 2.74. The standard InChI is InChI=1S/C11H17F3N2O2/c1-7(17)16-9(8-4-2-3-5-8)10(18)15-6-11(12,13)14/h8-9H,2-6H2,1H3,(H,15,18)(H,16,17). The molecule has 4 nitrogen and oxygen atoms in total. The molecule has 2 amide bonds. The largest absolute Gasteiger partial charge is 0.405 e. The van der Waals surface area contributed by atoms with Crippen molar-refractivity contribution in [3.63, 3.8) is 0 Å². The maximum absolute atomic E-state index is 12.0. The van der Waals surface area contributed by atoms with Gasteiger partial charge in [-0.15, -0.1) is 0 Å². The van der Waals surface area contributed by atoms with Crippen LogP contribution in [0.4, 0.5) is 13.2 Å². The van der Waals surface area contributed by atoms with Crippen LogP contribution in [0.15, 0.2) is 0 Å². The molecule has 1 saturated carbocycles. The Labute approximate surface area is 103 Å². The Morgan fingerprint density at radius 2 is 1.83 bits per heavy atom. The van der Waals surface area contributed by atoms with Crippen LogP contribution in [-0.2, 0) is 9.59 Å². The van der Waals surface area contributed by atoms with E-state index >= 15 is 0 Å². The average molecular weight is 266 g/mol. The lowest BCUT2D eigenvalue weighted by Gasteiger charge is -2.23. The van der Waals surface area contributed by atoms with Gasteiger partial charge in [0.1, 0.15) is 12.6 Å². The minimum absolute atomic E-state index is 0.0675. The lowest BCUT2D eigenvalue weighted by Crippen LogP contribution is -2.51. The molecule has 0 spiro atoms. The normalized spacial score (nSPS) is 18.4. The highest BCUT2D eigenvalue weighted by Crippen LogP contribution is 2.28. The van der Waals surface area contributed by atoms with Crippen molar-refractivity contribution >= 4 is 11.8 Å². The second-order valence-electron chi connectivity index (χ2n) is 4.56. The van der Waals surface area contributed by atoms with Gasteiger partial charge < -0.3 is 10.6 Å². The lowest BCUT2D eigenvalue weighted by atomic mass is 9.97. The first kappa shape index (κ1) is 14.8. The van der Waals surface area contributed by atoms with E-state index in [1.165, 1.54) is 6.92 Å². The van der Waals surface area contributed by atoms with Crippen molar-refractivity contribution in [2.45, 2.75) is 44.8 Å². The van der Waals surface area contributed by atoms with Gasteiger partial charge >= 0.3 is 6.18 Å². The van der Waals surface area contributed by atoms with Gasteiger partial charge in [0.15, 0.2) is 0 Å². The van der Waals surface area contributed by atoms with Gasteiger partial charge in [0.25, 0.3) is 0 Å². The minimum Gasteiger partial charge on any atom is -0.345 e. The van der Waals surface area contributed by atoms with Crippen LogP contribution in [0.1, 0.15) is 32.6 Å². The van der Waals surface area contributed by atoms with Gasteiger partial charge in [-0.3, -0.25) is 9.59 Å². The molecule has 1 aliphatic carbocycles. The SMILES string of the molecule is CC(=O)NC(C(=O)NCC(F)(F)F)C1CCCC1. The van der Waals surface area contributed by atoms with Crippen molar-refractivity contribution in [2.75, 3.05) is 6.54 Å². The molecule has 1 aliphatic rings. The van der Waals surface area contributed by atoms with E-state index in [-0.39, 0.29) is 5.92 Å². The molecule has 0 aliphatic heterocycles. The van der Waals surface area contributed by atoms with Crippen LogP contribution in [0, 0.1) is 5.92 Å². The van der Waals surface area contributed by atoms with Crippen molar-refractivity contribution in [2.24, 2.45) is 5.92 Å². The van der Waals surface area contributed by atoms with E-state index in [2.05, 4.69) is 5.32 Å². The fourth-order valence-corrected chi connectivity index (χ4v) is 2.20. The Hall–Kier alpha value is -1.27. The van der Waals surface area contributed by atoms with Gasteiger partial charge in [-0.1, -0.05) is 12.8 Å². The Bertz CT molecular complexity index is 312. The van der Waals surface area contributed by atoms with E-state index in [4.69, 9.17) is 0 Å². The summed E-state index contributed by atoms with van der Waals surface area (Å²) >= 11 is 0. The maximum atomic E-state index is 12.0. The highest BCUT2D eigenvalue weighted by atomic mass is 19.4. The maximum Gasteiger partial charge on any atom is 0.405 e. The fourth-order valence-electron chi connectivity index (χ4n) is 2.20. The third-order valence-corrected chi connectivity index (χ3v) is 2.98. The molecule has 0 aromatic rings. The number of carbonyl (C=O) groups is 2. The molecule has 1 unspecified atom stereocenters. The lowest BCUT2D eigenvalue weighted by molar-refractivity contribution is -0.141. The van der Waals surface area contributed by atoms with Crippen LogP contribution in [0.5, 0.6) is 0 Å². The predicted molar refractivity (Wildman–Crippen MR) is 58.6 cm³/mol. The summed E-state index contributed by atoms with van der Waals surface area (Å²) < 4.78 is 36.1. The molecular formula is C11H17F3N2O2. The summed E-state index contributed by atoms with van der Waals surface area (Å²) in [5, 5.41) is 4.27.